The van der Waals surface area contributed by atoms with Gasteiger partial charge in [0.05, 0.1) is 11.3 Å². The molecule has 1 aromatic carbocycles. The van der Waals surface area contributed by atoms with Gasteiger partial charge in [-0.1, -0.05) is 15.9 Å². The number of rotatable bonds is 4. The fourth-order valence-corrected chi connectivity index (χ4v) is 1.86. The van der Waals surface area contributed by atoms with Crippen LogP contribution in [0.15, 0.2) is 41.0 Å². The van der Waals surface area contributed by atoms with Crippen LogP contribution in [0, 0.1) is 0 Å². The van der Waals surface area contributed by atoms with E-state index in [9.17, 15) is 9.59 Å². The fourth-order valence-electron chi connectivity index (χ4n) is 1.50. The number of ketones is 1. The standard InChI is InChI=1S/C13H11BrN2O3/c14-8-3-4-10(15)9(6-8)13(18)19-7-12(17)11-2-1-5-16-11/h1-6,16H,7,15H2. The average molecular weight is 323 g/mol. The molecule has 5 nitrogen and oxygen atoms in total. The molecule has 98 valence electrons. The lowest BCUT2D eigenvalue weighted by Crippen LogP contribution is -2.15. The molecular weight excluding hydrogens is 312 g/mol. The molecule has 19 heavy (non-hydrogen) atoms. The predicted molar refractivity (Wildman–Crippen MR) is 74.0 cm³/mol. The Labute approximate surface area is 117 Å². The summed E-state index contributed by atoms with van der Waals surface area (Å²) in [5.41, 5.74) is 6.61. The number of benzene rings is 1. The second-order valence-electron chi connectivity index (χ2n) is 3.81. The lowest BCUT2D eigenvalue weighted by molar-refractivity contribution is 0.0474. The van der Waals surface area contributed by atoms with Gasteiger partial charge in [-0.15, -0.1) is 0 Å². The molecule has 0 fully saturated rings. The van der Waals surface area contributed by atoms with E-state index >= 15 is 0 Å². The topological polar surface area (TPSA) is 85.2 Å². The highest BCUT2D eigenvalue weighted by Gasteiger charge is 2.14. The molecule has 0 radical (unpaired) electrons. The number of Topliss-reactive ketones (excluding diaryl/α,β-unsaturated/α-hetero) is 1. The Morgan fingerprint density at radius 1 is 1.32 bits per heavy atom. The second-order valence-corrected chi connectivity index (χ2v) is 4.73. The Morgan fingerprint density at radius 3 is 2.79 bits per heavy atom. The van der Waals surface area contributed by atoms with E-state index in [1.165, 1.54) is 0 Å². The van der Waals surface area contributed by atoms with Crippen molar-refractivity contribution in [3.05, 3.63) is 52.3 Å². The summed E-state index contributed by atoms with van der Waals surface area (Å²) in [5.74, 6) is -0.925. The predicted octanol–water partition coefficient (Wildman–Crippen LogP) is 2.40. The first-order valence-electron chi connectivity index (χ1n) is 5.46. The number of hydrogen-bond donors (Lipinski definition) is 2. The minimum absolute atomic E-state index is 0.230. The molecule has 0 spiro atoms. The maximum absolute atomic E-state index is 11.8. The molecule has 3 N–H and O–H groups in total. The number of nitrogen functional groups attached to an aromatic ring is 1. The van der Waals surface area contributed by atoms with Crippen LogP contribution in [0.1, 0.15) is 20.8 Å². The molecule has 0 saturated heterocycles. The van der Waals surface area contributed by atoms with Crippen molar-refractivity contribution in [2.45, 2.75) is 0 Å². The van der Waals surface area contributed by atoms with Crippen LogP contribution < -0.4 is 5.73 Å². The van der Waals surface area contributed by atoms with E-state index in [1.807, 2.05) is 0 Å². The average Bonchev–Trinajstić information content (AvgIpc) is 2.92. The number of carbonyl (C=O) groups is 2. The van der Waals surface area contributed by atoms with Gasteiger partial charge in [-0.2, -0.15) is 0 Å². The maximum atomic E-state index is 11.8. The van der Waals surface area contributed by atoms with Crippen LogP contribution >= 0.6 is 15.9 Å². The van der Waals surface area contributed by atoms with Crippen molar-refractivity contribution in [2.75, 3.05) is 12.3 Å². The van der Waals surface area contributed by atoms with E-state index in [1.54, 1.807) is 36.5 Å². The zero-order valence-electron chi connectivity index (χ0n) is 9.85. The van der Waals surface area contributed by atoms with Crippen molar-refractivity contribution in [3.63, 3.8) is 0 Å². The quantitative estimate of drug-likeness (QED) is 0.514. The van der Waals surface area contributed by atoms with Crippen molar-refractivity contribution in [3.8, 4) is 0 Å². The third-order valence-electron chi connectivity index (χ3n) is 2.47. The summed E-state index contributed by atoms with van der Waals surface area (Å²) in [6.07, 6.45) is 1.63. The molecule has 6 heteroatoms. The van der Waals surface area contributed by atoms with Crippen LogP contribution in [0.4, 0.5) is 5.69 Å². The van der Waals surface area contributed by atoms with E-state index in [0.717, 1.165) is 0 Å². The van der Waals surface area contributed by atoms with Crippen molar-refractivity contribution in [2.24, 2.45) is 0 Å². The van der Waals surface area contributed by atoms with Gasteiger partial charge in [0.25, 0.3) is 0 Å². The van der Waals surface area contributed by atoms with Crippen molar-refractivity contribution < 1.29 is 14.3 Å². The Hall–Kier alpha value is -2.08. The van der Waals surface area contributed by atoms with E-state index < -0.39 is 5.97 Å². The third-order valence-corrected chi connectivity index (χ3v) is 2.96. The lowest BCUT2D eigenvalue weighted by atomic mass is 10.2. The molecule has 0 aliphatic rings. The minimum atomic E-state index is -0.626. The number of halogens is 1. The summed E-state index contributed by atoms with van der Waals surface area (Å²) >= 11 is 3.24. The normalized spacial score (nSPS) is 10.2. The SMILES string of the molecule is Nc1ccc(Br)cc1C(=O)OCC(=O)c1ccc[nH]1. The number of anilines is 1. The van der Waals surface area contributed by atoms with Crippen molar-refractivity contribution in [1.29, 1.82) is 0 Å². The van der Waals surface area contributed by atoms with Crippen LogP contribution in [0.2, 0.25) is 0 Å². The van der Waals surface area contributed by atoms with Gasteiger partial charge < -0.3 is 15.5 Å². The molecule has 1 heterocycles. The Balaban J connectivity index is 2.02. The van der Waals surface area contributed by atoms with Crippen LogP contribution in [0.3, 0.4) is 0 Å². The zero-order chi connectivity index (χ0) is 13.8. The first kappa shape index (κ1) is 13.4. The molecule has 1 aromatic heterocycles. The van der Waals surface area contributed by atoms with Gasteiger partial charge in [-0.05, 0) is 30.3 Å². The van der Waals surface area contributed by atoms with Crippen LogP contribution in [-0.2, 0) is 4.74 Å². The Morgan fingerprint density at radius 2 is 2.11 bits per heavy atom. The van der Waals surface area contributed by atoms with E-state index in [-0.39, 0.29) is 18.0 Å². The second kappa shape index (κ2) is 5.71. The largest absolute Gasteiger partial charge is 0.454 e. The molecule has 2 aromatic rings. The maximum Gasteiger partial charge on any atom is 0.340 e. The highest BCUT2D eigenvalue weighted by Crippen LogP contribution is 2.19. The van der Waals surface area contributed by atoms with Crippen LogP contribution in [0.5, 0.6) is 0 Å². The molecular formula is C13H11BrN2O3. The lowest BCUT2D eigenvalue weighted by Gasteiger charge is -2.06. The number of ether oxygens (including phenoxy) is 1. The highest BCUT2D eigenvalue weighted by atomic mass is 79.9. The third kappa shape index (κ3) is 3.23. The van der Waals surface area contributed by atoms with Gasteiger partial charge in [0.1, 0.15) is 0 Å². The van der Waals surface area contributed by atoms with Gasteiger partial charge in [0, 0.05) is 16.4 Å². The van der Waals surface area contributed by atoms with Crippen molar-refractivity contribution >= 4 is 33.4 Å². The summed E-state index contributed by atoms with van der Waals surface area (Å²) < 4.78 is 5.65. The molecule has 0 bridgehead atoms. The number of aromatic nitrogens is 1. The molecule has 0 saturated carbocycles. The van der Waals surface area contributed by atoms with E-state index in [4.69, 9.17) is 10.5 Å². The van der Waals surface area contributed by atoms with Gasteiger partial charge in [0.15, 0.2) is 6.61 Å². The minimum Gasteiger partial charge on any atom is -0.454 e. The monoisotopic (exact) mass is 322 g/mol. The number of carbonyl (C=O) groups excluding carboxylic acids is 2. The van der Waals surface area contributed by atoms with Gasteiger partial charge >= 0.3 is 5.97 Å². The number of H-pyrrole nitrogens is 1. The number of hydrogen-bond acceptors (Lipinski definition) is 4. The number of aromatic amines is 1. The van der Waals surface area contributed by atoms with E-state index in [2.05, 4.69) is 20.9 Å². The number of esters is 1. The van der Waals surface area contributed by atoms with E-state index in [0.29, 0.717) is 15.9 Å². The highest BCUT2D eigenvalue weighted by molar-refractivity contribution is 9.10. The molecule has 0 aliphatic carbocycles. The van der Waals surface area contributed by atoms with Gasteiger partial charge in [-0.3, -0.25) is 4.79 Å². The van der Waals surface area contributed by atoms with Crippen molar-refractivity contribution in [1.82, 2.24) is 4.98 Å². The smallest absolute Gasteiger partial charge is 0.340 e. The molecule has 0 amide bonds. The molecule has 0 atom stereocenters. The number of nitrogens with two attached hydrogens (primary N) is 1. The Bertz CT molecular complexity index is 608. The summed E-state index contributed by atoms with van der Waals surface area (Å²) in [7, 11) is 0. The van der Waals surface area contributed by atoms with Crippen LogP contribution in [0.25, 0.3) is 0 Å². The molecule has 0 aliphatic heterocycles. The molecule has 0 unspecified atom stereocenters. The first-order chi connectivity index (χ1) is 9.08. The summed E-state index contributed by atoms with van der Waals surface area (Å²) in [4.78, 5) is 26.2. The zero-order valence-corrected chi connectivity index (χ0v) is 11.4. The Kier molecular flexibility index (Phi) is 4.01. The van der Waals surface area contributed by atoms with Gasteiger partial charge in [-0.25, -0.2) is 4.79 Å². The summed E-state index contributed by atoms with van der Waals surface area (Å²) in [6.45, 7) is -0.328. The summed E-state index contributed by atoms with van der Waals surface area (Å²) in [5, 5.41) is 0. The van der Waals surface area contributed by atoms with Crippen LogP contribution in [-0.4, -0.2) is 23.3 Å². The molecule has 2 rings (SSSR count). The van der Waals surface area contributed by atoms with Gasteiger partial charge in [0.2, 0.25) is 5.78 Å². The first-order valence-corrected chi connectivity index (χ1v) is 6.26. The fraction of sp³-hybridized carbons (Fsp3) is 0.0769. The summed E-state index contributed by atoms with van der Waals surface area (Å²) in [6, 6.07) is 8.17. The number of nitrogens with one attached hydrogen (secondary N) is 1.